The van der Waals surface area contributed by atoms with E-state index in [4.69, 9.17) is 13.9 Å². The molecule has 3 aromatic rings. The third-order valence-electron chi connectivity index (χ3n) is 3.16. The molecule has 0 unspecified atom stereocenters. The predicted octanol–water partition coefficient (Wildman–Crippen LogP) is 3.75. The van der Waals surface area contributed by atoms with Gasteiger partial charge in [-0.05, 0) is 28.1 Å². The number of nitrogens with zero attached hydrogens (tertiary/aromatic N) is 1. The molecule has 1 aromatic carbocycles. The zero-order valence-corrected chi connectivity index (χ0v) is 12.1. The van der Waals surface area contributed by atoms with Gasteiger partial charge in [0.15, 0.2) is 27.8 Å². The lowest BCUT2D eigenvalue weighted by Crippen LogP contribution is -1.97. The van der Waals surface area contributed by atoms with Gasteiger partial charge in [-0.25, -0.2) is 4.98 Å². The summed E-state index contributed by atoms with van der Waals surface area (Å²) in [5, 5.41) is 0. The van der Waals surface area contributed by atoms with Crippen molar-refractivity contribution in [3.05, 3.63) is 28.9 Å². The third-order valence-corrected chi connectivity index (χ3v) is 3.58. The van der Waals surface area contributed by atoms with Gasteiger partial charge in [0.05, 0.1) is 24.2 Å². The molecule has 3 heterocycles. The van der Waals surface area contributed by atoms with Gasteiger partial charge in [-0.15, -0.1) is 0 Å². The van der Waals surface area contributed by atoms with Crippen LogP contribution in [0.25, 0.3) is 22.6 Å². The number of furan rings is 1. The Labute approximate surface area is 123 Å². The first-order valence-corrected chi connectivity index (χ1v) is 7.14. The predicted molar refractivity (Wildman–Crippen MR) is 77.1 cm³/mol. The third kappa shape index (κ3) is 1.96. The summed E-state index contributed by atoms with van der Waals surface area (Å²) in [6.45, 7) is 1.34. The van der Waals surface area contributed by atoms with Gasteiger partial charge < -0.3 is 18.9 Å². The molecule has 2 aromatic heterocycles. The maximum Gasteiger partial charge on any atom is 0.174 e. The van der Waals surface area contributed by atoms with Gasteiger partial charge in [0, 0.05) is 18.6 Å². The van der Waals surface area contributed by atoms with Crippen molar-refractivity contribution in [2.24, 2.45) is 0 Å². The van der Waals surface area contributed by atoms with Gasteiger partial charge in [0.2, 0.25) is 0 Å². The number of halogens is 1. The molecule has 1 aliphatic heterocycles. The van der Waals surface area contributed by atoms with Crippen molar-refractivity contribution < 1.29 is 13.9 Å². The molecule has 0 bridgehead atoms. The average molecular weight is 335 g/mol. The Morgan fingerprint density at radius 1 is 1.10 bits per heavy atom. The van der Waals surface area contributed by atoms with E-state index in [2.05, 4.69) is 25.9 Å². The van der Waals surface area contributed by atoms with E-state index in [1.807, 2.05) is 24.3 Å². The fourth-order valence-corrected chi connectivity index (χ4v) is 2.53. The number of hydrogen-bond donors (Lipinski definition) is 1. The van der Waals surface area contributed by atoms with Crippen molar-refractivity contribution in [2.45, 2.75) is 6.42 Å². The molecule has 0 radical (unpaired) electrons. The van der Waals surface area contributed by atoms with Gasteiger partial charge >= 0.3 is 0 Å². The van der Waals surface area contributed by atoms with Crippen LogP contribution >= 0.6 is 15.9 Å². The molecule has 20 heavy (non-hydrogen) atoms. The fourth-order valence-electron chi connectivity index (χ4n) is 2.22. The van der Waals surface area contributed by atoms with Crippen molar-refractivity contribution >= 4 is 27.0 Å². The number of fused-ring (bicyclic) bond motifs is 2. The van der Waals surface area contributed by atoms with Crippen LogP contribution in [0.3, 0.4) is 0 Å². The first-order chi connectivity index (χ1) is 9.79. The fraction of sp³-hybridized carbons (Fsp3) is 0.214. The number of H-pyrrole nitrogens is 1. The van der Waals surface area contributed by atoms with E-state index >= 15 is 0 Å². The highest BCUT2D eigenvalue weighted by Crippen LogP contribution is 2.34. The Balaban J connectivity index is 1.83. The van der Waals surface area contributed by atoms with E-state index in [1.165, 1.54) is 0 Å². The Kier molecular flexibility index (Phi) is 2.70. The Bertz CT molecular complexity index is 735. The summed E-state index contributed by atoms with van der Waals surface area (Å²) >= 11 is 3.29. The van der Waals surface area contributed by atoms with Crippen LogP contribution < -0.4 is 9.47 Å². The van der Waals surface area contributed by atoms with Crippen molar-refractivity contribution in [3.8, 4) is 23.1 Å². The molecule has 5 nitrogen and oxygen atoms in total. The number of hydrogen-bond acceptors (Lipinski definition) is 4. The Morgan fingerprint density at radius 3 is 2.65 bits per heavy atom. The van der Waals surface area contributed by atoms with Gasteiger partial charge in [-0.2, -0.15) is 0 Å². The van der Waals surface area contributed by atoms with Crippen LogP contribution in [0.15, 0.2) is 33.4 Å². The minimum absolute atomic E-state index is 0.668. The monoisotopic (exact) mass is 334 g/mol. The summed E-state index contributed by atoms with van der Waals surface area (Å²) < 4.78 is 17.5. The molecule has 1 N–H and O–H groups in total. The van der Waals surface area contributed by atoms with Gasteiger partial charge in [0.1, 0.15) is 0 Å². The highest BCUT2D eigenvalue weighted by atomic mass is 79.9. The molecule has 0 atom stereocenters. The molecule has 4 rings (SSSR count). The van der Waals surface area contributed by atoms with Crippen molar-refractivity contribution in [1.29, 1.82) is 0 Å². The molecule has 0 saturated carbocycles. The first kappa shape index (κ1) is 11.8. The van der Waals surface area contributed by atoms with Crippen LogP contribution in [0.5, 0.6) is 11.5 Å². The molecular weight excluding hydrogens is 324 g/mol. The lowest BCUT2D eigenvalue weighted by atomic mass is 10.3. The highest BCUT2D eigenvalue weighted by Gasteiger charge is 2.15. The Hall–Kier alpha value is -1.95. The summed E-state index contributed by atoms with van der Waals surface area (Å²) in [5.74, 6) is 2.87. The average Bonchev–Trinajstić information content (AvgIpc) is 2.97. The topological polar surface area (TPSA) is 60.3 Å². The van der Waals surface area contributed by atoms with Crippen LogP contribution in [0.4, 0.5) is 0 Å². The second-order valence-electron chi connectivity index (χ2n) is 4.56. The standard InChI is InChI=1S/C14H11BrN2O3/c15-13-3-2-10(20-13)14-16-8-6-11-12(7-9(8)17-14)19-5-1-4-18-11/h2-3,6-7H,1,4-5H2,(H,16,17). The lowest BCUT2D eigenvalue weighted by molar-refractivity contribution is 0.297. The number of imidazole rings is 1. The van der Waals surface area contributed by atoms with Crippen LogP contribution in [0, 0.1) is 0 Å². The summed E-state index contributed by atoms with van der Waals surface area (Å²) in [5.41, 5.74) is 1.73. The second kappa shape index (κ2) is 4.56. The summed E-state index contributed by atoms with van der Waals surface area (Å²) in [7, 11) is 0. The second-order valence-corrected chi connectivity index (χ2v) is 5.34. The van der Waals surface area contributed by atoms with Crippen molar-refractivity contribution in [1.82, 2.24) is 9.97 Å². The molecule has 102 valence electrons. The lowest BCUT2D eigenvalue weighted by Gasteiger charge is -2.05. The van der Waals surface area contributed by atoms with Gasteiger partial charge in [-0.3, -0.25) is 0 Å². The zero-order chi connectivity index (χ0) is 13.5. The van der Waals surface area contributed by atoms with E-state index in [9.17, 15) is 0 Å². The molecule has 0 amide bonds. The van der Waals surface area contributed by atoms with Crippen molar-refractivity contribution in [3.63, 3.8) is 0 Å². The number of ether oxygens (including phenoxy) is 2. The normalized spacial score (nSPS) is 14.4. The number of rotatable bonds is 1. The van der Waals surface area contributed by atoms with Crippen LogP contribution in [0.1, 0.15) is 6.42 Å². The number of benzene rings is 1. The summed E-state index contributed by atoms with van der Waals surface area (Å²) in [6, 6.07) is 7.52. The minimum atomic E-state index is 0.668. The molecule has 0 aliphatic carbocycles. The molecule has 0 fully saturated rings. The SMILES string of the molecule is Brc1ccc(-c2nc3cc4c(cc3[nH]2)OCCCO4)o1. The maximum atomic E-state index is 5.67. The van der Waals surface area contributed by atoms with E-state index < -0.39 is 0 Å². The summed E-state index contributed by atoms with van der Waals surface area (Å²) in [6.07, 6.45) is 0.891. The molecule has 0 saturated heterocycles. The Morgan fingerprint density at radius 2 is 1.90 bits per heavy atom. The molecule has 1 aliphatic rings. The number of nitrogens with one attached hydrogen (secondary N) is 1. The van der Waals surface area contributed by atoms with E-state index in [-0.39, 0.29) is 0 Å². The van der Waals surface area contributed by atoms with E-state index in [1.54, 1.807) is 0 Å². The van der Waals surface area contributed by atoms with Gasteiger partial charge in [-0.1, -0.05) is 0 Å². The molecule has 6 heteroatoms. The smallest absolute Gasteiger partial charge is 0.174 e. The van der Waals surface area contributed by atoms with E-state index in [0.29, 0.717) is 29.5 Å². The molecular formula is C14H11BrN2O3. The zero-order valence-electron chi connectivity index (χ0n) is 10.5. The quantitative estimate of drug-likeness (QED) is 0.736. The molecule has 0 spiro atoms. The van der Waals surface area contributed by atoms with Crippen molar-refractivity contribution in [2.75, 3.05) is 13.2 Å². The van der Waals surface area contributed by atoms with E-state index in [0.717, 1.165) is 29.0 Å². The maximum absolute atomic E-state index is 5.67. The highest BCUT2D eigenvalue weighted by molar-refractivity contribution is 9.10. The van der Waals surface area contributed by atoms with Gasteiger partial charge in [0.25, 0.3) is 0 Å². The number of aromatic amines is 1. The summed E-state index contributed by atoms with van der Waals surface area (Å²) in [4.78, 5) is 7.76. The van der Waals surface area contributed by atoms with Crippen LogP contribution in [0.2, 0.25) is 0 Å². The minimum Gasteiger partial charge on any atom is -0.489 e. The largest absolute Gasteiger partial charge is 0.489 e. The van der Waals surface area contributed by atoms with Crippen LogP contribution in [-0.2, 0) is 0 Å². The number of aromatic nitrogens is 2. The van der Waals surface area contributed by atoms with Crippen LogP contribution in [-0.4, -0.2) is 23.2 Å². The first-order valence-electron chi connectivity index (χ1n) is 6.35.